The number of carbonyl (C=O) groups is 1. The fourth-order valence-corrected chi connectivity index (χ4v) is 5.35. The number of likely N-dealkylation sites (tertiary alicyclic amines) is 1. The van der Waals surface area contributed by atoms with Crippen LogP contribution in [0, 0.1) is 5.92 Å². The summed E-state index contributed by atoms with van der Waals surface area (Å²) in [5.74, 6) is 0.594. The molecule has 0 spiro atoms. The van der Waals surface area contributed by atoms with Crippen LogP contribution in [-0.2, 0) is 0 Å². The number of aromatic nitrogens is 2. The minimum absolute atomic E-state index is 0.101. The van der Waals surface area contributed by atoms with Crippen molar-refractivity contribution in [2.45, 2.75) is 30.8 Å². The number of fused-ring (bicyclic) bond motifs is 2. The van der Waals surface area contributed by atoms with E-state index in [1.54, 1.807) is 12.1 Å². The highest BCUT2D eigenvalue weighted by Gasteiger charge is 2.54. The molecule has 4 aliphatic rings. The van der Waals surface area contributed by atoms with Gasteiger partial charge < -0.3 is 15.0 Å². The number of piperidine rings is 3. The second-order valence-corrected chi connectivity index (χ2v) is 7.81. The number of phenolic OH excluding ortho intramolecular Hbond substituents is 1. The zero-order valence-corrected chi connectivity index (χ0v) is 14.9. The van der Waals surface area contributed by atoms with Crippen molar-refractivity contribution in [2.24, 2.45) is 5.92 Å². The molecule has 2 bridgehead atoms. The summed E-state index contributed by atoms with van der Waals surface area (Å²) >= 11 is 0. The SMILES string of the molecule is O=C(c1cnc[nH]c1=O)N1C[C@@H](c2cccc(O)c2)[C@@H]2[C@H]1C1CCN2CC1. The summed E-state index contributed by atoms with van der Waals surface area (Å²) < 4.78 is 0. The standard InChI is InChI=1S/C20H22N4O3/c25-14-3-1-2-13(8-14)16-10-24(20(27)15-9-21-11-22-19(15)26)17-12-4-6-23(7-5-12)18(16)17/h1-3,8-9,11-12,16-18,25H,4-7,10H2,(H,21,22,26)/t16-,17+,18+/m0/s1. The summed E-state index contributed by atoms with van der Waals surface area (Å²) in [6, 6.07) is 7.69. The summed E-state index contributed by atoms with van der Waals surface area (Å²) in [6.07, 6.45) is 4.83. The normalized spacial score (nSPS) is 31.7. The predicted octanol–water partition coefficient (Wildman–Crippen LogP) is 1.18. The van der Waals surface area contributed by atoms with Crippen molar-refractivity contribution in [1.29, 1.82) is 0 Å². The maximum absolute atomic E-state index is 13.2. The number of rotatable bonds is 2. The van der Waals surface area contributed by atoms with Crippen LogP contribution in [0.3, 0.4) is 0 Å². The van der Waals surface area contributed by atoms with E-state index in [0.29, 0.717) is 12.5 Å². The highest BCUT2D eigenvalue weighted by molar-refractivity contribution is 5.94. The Bertz CT molecular complexity index is 935. The summed E-state index contributed by atoms with van der Waals surface area (Å²) in [7, 11) is 0. The Morgan fingerprint density at radius 3 is 2.78 bits per heavy atom. The molecule has 140 valence electrons. The van der Waals surface area contributed by atoms with Crippen LogP contribution in [0.15, 0.2) is 41.6 Å². The van der Waals surface area contributed by atoms with Gasteiger partial charge in [0.1, 0.15) is 11.3 Å². The first kappa shape index (κ1) is 16.5. The Hall–Kier alpha value is -2.67. The molecule has 1 aromatic heterocycles. The predicted molar refractivity (Wildman–Crippen MR) is 98.6 cm³/mol. The molecule has 5 heterocycles. The topological polar surface area (TPSA) is 89.5 Å². The molecule has 0 radical (unpaired) electrons. The number of hydrogen-bond acceptors (Lipinski definition) is 5. The van der Waals surface area contributed by atoms with Crippen molar-refractivity contribution in [2.75, 3.05) is 19.6 Å². The molecule has 2 N–H and O–H groups in total. The smallest absolute Gasteiger partial charge is 0.263 e. The molecule has 7 nitrogen and oxygen atoms in total. The summed E-state index contributed by atoms with van der Waals surface area (Å²) in [5, 5.41) is 9.94. The van der Waals surface area contributed by atoms with Crippen molar-refractivity contribution in [3.8, 4) is 5.75 Å². The molecular weight excluding hydrogens is 344 g/mol. The summed E-state index contributed by atoms with van der Waals surface area (Å²) in [4.78, 5) is 36.2. The molecule has 3 atom stereocenters. The third-order valence-corrected chi connectivity index (χ3v) is 6.50. The maximum Gasteiger partial charge on any atom is 0.263 e. The van der Waals surface area contributed by atoms with E-state index in [4.69, 9.17) is 0 Å². The molecule has 1 amide bonds. The van der Waals surface area contributed by atoms with Crippen LogP contribution in [0.2, 0.25) is 0 Å². The highest BCUT2D eigenvalue weighted by atomic mass is 16.3. The lowest BCUT2D eigenvalue weighted by Gasteiger charge is -2.51. The molecule has 7 heteroatoms. The third-order valence-electron chi connectivity index (χ3n) is 6.50. The minimum atomic E-state index is -0.395. The van der Waals surface area contributed by atoms with E-state index in [-0.39, 0.29) is 35.2 Å². The fourth-order valence-electron chi connectivity index (χ4n) is 5.35. The van der Waals surface area contributed by atoms with Crippen LogP contribution in [0.25, 0.3) is 0 Å². The quantitative estimate of drug-likeness (QED) is 0.833. The van der Waals surface area contributed by atoms with E-state index < -0.39 is 5.56 Å². The number of nitrogens with zero attached hydrogens (tertiary/aromatic N) is 3. The highest BCUT2D eigenvalue weighted by Crippen LogP contribution is 2.47. The summed E-state index contributed by atoms with van der Waals surface area (Å²) in [5.41, 5.74) is 0.755. The van der Waals surface area contributed by atoms with Crippen LogP contribution < -0.4 is 5.56 Å². The molecule has 0 saturated carbocycles. The van der Waals surface area contributed by atoms with E-state index >= 15 is 0 Å². The van der Waals surface area contributed by atoms with Crippen LogP contribution in [0.1, 0.15) is 34.7 Å². The molecule has 27 heavy (non-hydrogen) atoms. The zero-order chi connectivity index (χ0) is 18.5. The Morgan fingerprint density at radius 2 is 2.04 bits per heavy atom. The Labute approximate surface area is 156 Å². The first-order valence-electron chi connectivity index (χ1n) is 9.50. The van der Waals surface area contributed by atoms with Gasteiger partial charge in [-0.05, 0) is 49.5 Å². The van der Waals surface area contributed by atoms with E-state index in [1.165, 1.54) is 12.5 Å². The number of phenols is 1. The van der Waals surface area contributed by atoms with E-state index in [0.717, 1.165) is 31.5 Å². The van der Waals surface area contributed by atoms with Gasteiger partial charge in [0, 0.05) is 24.7 Å². The minimum Gasteiger partial charge on any atom is -0.508 e. The molecule has 2 aromatic rings. The van der Waals surface area contributed by atoms with Gasteiger partial charge in [-0.1, -0.05) is 12.1 Å². The summed E-state index contributed by atoms with van der Waals surface area (Å²) in [6.45, 7) is 2.66. The van der Waals surface area contributed by atoms with Crippen molar-refractivity contribution >= 4 is 5.91 Å². The molecule has 0 unspecified atom stereocenters. The molecule has 6 rings (SSSR count). The first-order chi connectivity index (χ1) is 13.1. The van der Waals surface area contributed by atoms with Gasteiger partial charge in [0.2, 0.25) is 0 Å². The average molecular weight is 366 g/mol. The number of carbonyl (C=O) groups excluding carboxylic acids is 1. The van der Waals surface area contributed by atoms with Crippen LogP contribution in [-0.4, -0.2) is 62.5 Å². The average Bonchev–Trinajstić information content (AvgIpc) is 3.12. The molecule has 4 fully saturated rings. The van der Waals surface area contributed by atoms with Gasteiger partial charge in [0.25, 0.3) is 11.5 Å². The Balaban J connectivity index is 1.56. The van der Waals surface area contributed by atoms with Crippen molar-refractivity contribution < 1.29 is 9.90 Å². The van der Waals surface area contributed by atoms with Gasteiger partial charge in [-0.3, -0.25) is 14.5 Å². The van der Waals surface area contributed by atoms with Gasteiger partial charge >= 0.3 is 0 Å². The van der Waals surface area contributed by atoms with Crippen molar-refractivity contribution in [1.82, 2.24) is 19.8 Å². The van der Waals surface area contributed by atoms with Gasteiger partial charge in [0.05, 0.1) is 12.4 Å². The number of aromatic hydroxyl groups is 1. The van der Waals surface area contributed by atoms with Crippen LogP contribution in [0.4, 0.5) is 0 Å². The molecule has 0 aliphatic carbocycles. The number of H-pyrrole nitrogens is 1. The van der Waals surface area contributed by atoms with Crippen LogP contribution in [0.5, 0.6) is 5.75 Å². The Morgan fingerprint density at radius 1 is 1.22 bits per heavy atom. The van der Waals surface area contributed by atoms with Crippen molar-refractivity contribution in [3.05, 3.63) is 58.3 Å². The molecule has 1 aromatic carbocycles. The van der Waals surface area contributed by atoms with Gasteiger partial charge in [0.15, 0.2) is 0 Å². The monoisotopic (exact) mass is 366 g/mol. The fraction of sp³-hybridized carbons (Fsp3) is 0.450. The lowest BCUT2D eigenvalue weighted by atomic mass is 9.75. The van der Waals surface area contributed by atoms with Crippen LogP contribution >= 0.6 is 0 Å². The molecular formula is C20H22N4O3. The maximum atomic E-state index is 13.2. The number of nitrogens with one attached hydrogen (secondary N) is 1. The third kappa shape index (κ3) is 2.56. The second-order valence-electron chi connectivity index (χ2n) is 7.81. The Kier molecular flexibility index (Phi) is 3.79. The lowest BCUT2D eigenvalue weighted by molar-refractivity contribution is -0.00348. The van der Waals surface area contributed by atoms with E-state index in [2.05, 4.69) is 14.9 Å². The van der Waals surface area contributed by atoms with Gasteiger partial charge in [-0.15, -0.1) is 0 Å². The number of amides is 1. The van der Waals surface area contributed by atoms with Crippen molar-refractivity contribution in [3.63, 3.8) is 0 Å². The first-order valence-corrected chi connectivity index (χ1v) is 9.50. The largest absolute Gasteiger partial charge is 0.508 e. The second kappa shape index (κ2) is 6.20. The van der Waals surface area contributed by atoms with E-state index in [1.807, 2.05) is 17.0 Å². The molecule has 4 aliphatic heterocycles. The molecule has 4 saturated heterocycles. The lowest BCUT2D eigenvalue weighted by Crippen LogP contribution is -2.61. The zero-order valence-electron chi connectivity index (χ0n) is 14.9. The van der Waals surface area contributed by atoms with E-state index in [9.17, 15) is 14.7 Å². The van der Waals surface area contributed by atoms with Gasteiger partial charge in [-0.2, -0.15) is 0 Å². The number of aromatic amines is 1. The number of benzene rings is 1. The number of hydrogen-bond donors (Lipinski definition) is 2. The van der Waals surface area contributed by atoms with Gasteiger partial charge in [-0.25, -0.2) is 4.98 Å².